The lowest BCUT2D eigenvalue weighted by Gasteiger charge is -2.08. The second-order valence-electron chi connectivity index (χ2n) is 5.22. The van der Waals surface area contributed by atoms with Gasteiger partial charge in [0.25, 0.3) is 0 Å². The SMILES string of the molecule is COCCNCCc1nnc(C2CCCCCC2)s1. The van der Waals surface area contributed by atoms with Crippen LogP contribution in [0.25, 0.3) is 0 Å². The number of rotatable bonds is 7. The Morgan fingerprint density at radius 1 is 1.16 bits per heavy atom. The summed E-state index contributed by atoms with van der Waals surface area (Å²) in [6.45, 7) is 2.64. The van der Waals surface area contributed by atoms with Gasteiger partial charge in [-0.15, -0.1) is 21.5 Å². The van der Waals surface area contributed by atoms with Gasteiger partial charge in [-0.1, -0.05) is 25.7 Å². The van der Waals surface area contributed by atoms with E-state index in [4.69, 9.17) is 4.74 Å². The zero-order chi connectivity index (χ0) is 13.3. The number of hydrogen-bond acceptors (Lipinski definition) is 5. The van der Waals surface area contributed by atoms with Crippen molar-refractivity contribution in [3.63, 3.8) is 0 Å². The summed E-state index contributed by atoms with van der Waals surface area (Å²) < 4.78 is 5.00. The molecule has 0 amide bonds. The van der Waals surface area contributed by atoms with Crippen molar-refractivity contribution < 1.29 is 4.74 Å². The Morgan fingerprint density at radius 3 is 2.68 bits per heavy atom. The molecule has 0 spiro atoms. The van der Waals surface area contributed by atoms with Crippen LogP contribution >= 0.6 is 11.3 Å². The normalized spacial score (nSPS) is 17.5. The van der Waals surface area contributed by atoms with E-state index in [1.54, 1.807) is 7.11 Å². The fourth-order valence-electron chi connectivity index (χ4n) is 2.55. The quantitative estimate of drug-likeness (QED) is 0.617. The molecular weight excluding hydrogens is 258 g/mol. The molecule has 5 heteroatoms. The van der Waals surface area contributed by atoms with E-state index in [1.165, 1.54) is 48.5 Å². The van der Waals surface area contributed by atoms with Crippen molar-refractivity contribution in [3.05, 3.63) is 10.0 Å². The molecule has 1 fully saturated rings. The van der Waals surface area contributed by atoms with Gasteiger partial charge >= 0.3 is 0 Å². The first-order valence-electron chi connectivity index (χ1n) is 7.42. The van der Waals surface area contributed by atoms with E-state index < -0.39 is 0 Å². The molecule has 0 bridgehead atoms. The standard InChI is InChI=1S/C14H25N3OS/c1-18-11-10-15-9-8-13-16-17-14(19-13)12-6-4-2-3-5-7-12/h12,15H,2-11H2,1H3. The molecule has 0 saturated heterocycles. The second kappa shape index (κ2) is 8.61. The molecule has 1 N–H and O–H groups in total. The third-order valence-corrected chi connectivity index (χ3v) is 4.83. The minimum absolute atomic E-state index is 0.676. The summed E-state index contributed by atoms with van der Waals surface area (Å²) in [4.78, 5) is 0. The number of methoxy groups -OCH3 is 1. The van der Waals surface area contributed by atoms with Gasteiger partial charge in [-0.05, 0) is 12.8 Å². The minimum atomic E-state index is 0.676. The Morgan fingerprint density at radius 2 is 1.95 bits per heavy atom. The summed E-state index contributed by atoms with van der Waals surface area (Å²) in [5.74, 6) is 0.676. The van der Waals surface area contributed by atoms with Crippen LogP contribution in [0.3, 0.4) is 0 Å². The molecule has 1 aromatic rings. The molecule has 1 aliphatic rings. The summed E-state index contributed by atoms with van der Waals surface area (Å²) in [7, 11) is 1.73. The van der Waals surface area contributed by atoms with Crippen molar-refractivity contribution in [1.82, 2.24) is 15.5 Å². The van der Waals surface area contributed by atoms with Crippen LogP contribution in [0.2, 0.25) is 0 Å². The maximum Gasteiger partial charge on any atom is 0.120 e. The molecule has 0 atom stereocenters. The highest BCUT2D eigenvalue weighted by Gasteiger charge is 2.18. The maximum atomic E-state index is 5.00. The highest BCUT2D eigenvalue weighted by atomic mass is 32.1. The fourth-order valence-corrected chi connectivity index (χ4v) is 3.56. The third kappa shape index (κ3) is 5.16. The lowest BCUT2D eigenvalue weighted by Crippen LogP contribution is -2.21. The van der Waals surface area contributed by atoms with E-state index in [1.807, 2.05) is 11.3 Å². The van der Waals surface area contributed by atoms with Crippen LogP contribution in [0.15, 0.2) is 0 Å². The summed E-state index contributed by atoms with van der Waals surface area (Å²) in [6.07, 6.45) is 9.10. The van der Waals surface area contributed by atoms with Crippen LogP contribution in [-0.4, -0.2) is 37.0 Å². The summed E-state index contributed by atoms with van der Waals surface area (Å²) in [5, 5.41) is 14.5. The predicted molar refractivity (Wildman–Crippen MR) is 78.8 cm³/mol. The van der Waals surface area contributed by atoms with Crippen molar-refractivity contribution in [1.29, 1.82) is 0 Å². The van der Waals surface area contributed by atoms with Crippen LogP contribution in [0.5, 0.6) is 0 Å². The average molecular weight is 283 g/mol. The zero-order valence-corrected chi connectivity index (χ0v) is 12.7. The molecule has 108 valence electrons. The Labute approximate surface area is 120 Å². The first kappa shape index (κ1) is 14.9. The van der Waals surface area contributed by atoms with Crippen LogP contribution in [0.4, 0.5) is 0 Å². The Balaban J connectivity index is 1.74. The number of hydrogen-bond donors (Lipinski definition) is 1. The molecular formula is C14H25N3OS. The van der Waals surface area contributed by atoms with Gasteiger partial charge in [-0.3, -0.25) is 0 Å². The average Bonchev–Trinajstić information content (AvgIpc) is 2.72. The van der Waals surface area contributed by atoms with Crippen molar-refractivity contribution in [2.75, 3.05) is 26.8 Å². The maximum absolute atomic E-state index is 5.00. The largest absolute Gasteiger partial charge is 0.383 e. The Bertz CT molecular complexity index is 348. The molecule has 1 aliphatic carbocycles. The van der Waals surface area contributed by atoms with Crippen molar-refractivity contribution in [2.45, 2.75) is 50.9 Å². The van der Waals surface area contributed by atoms with Crippen molar-refractivity contribution >= 4 is 11.3 Å². The van der Waals surface area contributed by atoms with Gasteiger partial charge in [-0.2, -0.15) is 0 Å². The number of nitrogens with zero attached hydrogens (tertiary/aromatic N) is 2. The van der Waals surface area contributed by atoms with Crippen molar-refractivity contribution in [3.8, 4) is 0 Å². The second-order valence-corrected chi connectivity index (χ2v) is 6.31. The van der Waals surface area contributed by atoms with Crippen LogP contribution in [0, 0.1) is 0 Å². The van der Waals surface area contributed by atoms with Gasteiger partial charge in [0.15, 0.2) is 0 Å². The van der Waals surface area contributed by atoms with Gasteiger partial charge in [0.1, 0.15) is 10.0 Å². The number of nitrogens with one attached hydrogen (secondary N) is 1. The summed E-state index contributed by atoms with van der Waals surface area (Å²) >= 11 is 1.82. The predicted octanol–water partition coefficient (Wildman–Crippen LogP) is 2.75. The molecule has 0 radical (unpaired) electrons. The fraction of sp³-hybridized carbons (Fsp3) is 0.857. The Hall–Kier alpha value is -0.520. The molecule has 2 rings (SSSR count). The first-order chi connectivity index (χ1) is 9.40. The molecule has 0 aromatic carbocycles. The highest BCUT2D eigenvalue weighted by molar-refractivity contribution is 7.11. The zero-order valence-electron chi connectivity index (χ0n) is 11.9. The Kier molecular flexibility index (Phi) is 6.74. The van der Waals surface area contributed by atoms with E-state index >= 15 is 0 Å². The molecule has 4 nitrogen and oxygen atoms in total. The van der Waals surface area contributed by atoms with E-state index in [2.05, 4.69) is 15.5 Å². The lowest BCUT2D eigenvalue weighted by molar-refractivity contribution is 0.199. The molecule has 0 aliphatic heterocycles. The molecule has 1 heterocycles. The van der Waals surface area contributed by atoms with Gasteiger partial charge in [0, 0.05) is 32.5 Å². The number of ether oxygens (including phenoxy) is 1. The molecule has 1 aromatic heterocycles. The topological polar surface area (TPSA) is 47.0 Å². The highest BCUT2D eigenvalue weighted by Crippen LogP contribution is 2.33. The lowest BCUT2D eigenvalue weighted by atomic mass is 10.0. The van der Waals surface area contributed by atoms with Gasteiger partial charge in [-0.25, -0.2) is 0 Å². The molecule has 1 saturated carbocycles. The third-order valence-electron chi connectivity index (χ3n) is 3.69. The van der Waals surface area contributed by atoms with E-state index in [9.17, 15) is 0 Å². The van der Waals surface area contributed by atoms with Crippen LogP contribution < -0.4 is 5.32 Å². The van der Waals surface area contributed by atoms with Crippen LogP contribution in [-0.2, 0) is 11.2 Å². The van der Waals surface area contributed by atoms with E-state index in [-0.39, 0.29) is 0 Å². The van der Waals surface area contributed by atoms with Gasteiger partial charge < -0.3 is 10.1 Å². The number of aromatic nitrogens is 2. The van der Waals surface area contributed by atoms with Crippen LogP contribution in [0.1, 0.15) is 54.5 Å². The molecule has 0 unspecified atom stereocenters. The van der Waals surface area contributed by atoms with E-state index in [0.717, 1.165) is 26.1 Å². The van der Waals surface area contributed by atoms with Gasteiger partial charge in [0.05, 0.1) is 6.61 Å². The minimum Gasteiger partial charge on any atom is -0.383 e. The smallest absolute Gasteiger partial charge is 0.120 e. The summed E-state index contributed by atoms with van der Waals surface area (Å²) in [6, 6.07) is 0. The first-order valence-corrected chi connectivity index (χ1v) is 8.23. The van der Waals surface area contributed by atoms with Crippen molar-refractivity contribution in [2.24, 2.45) is 0 Å². The van der Waals surface area contributed by atoms with Gasteiger partial charge in [0.2, 0.25) is 0 Å². The summed E-state index contributed by atoms with van der Waals surface area (Å²) in [5.41, 5.74) is 0. The molecule has 19 heavy (non-hydrogen) atoms. The monoisotopic (exact) mass is 283 g/mol. The van der Waals surface area contributed by atoms with E-state index in [0.29, 0.717) is 5.92 Å².